The van der Waals surface area contributed by atoms with Crippen molar-refractivity contribution in [1.82, 2.24) is 0 Å². The van der Waals surface area contributed by atoms with Crippen molar-refractivity contribution in [2.24, 2.45) is 11.8 Å². The second-order valence-corrected chi connectivity index (χ2v) is 2.80. The molecule has 0 saturated carbocycles. The monoisotopic (exact) mass is 142 g/mol. The van der Waals surface area contributed by atoms with E-state index in [2.05, 4.69) is 0 Å². The average Bonchev–Trinajstić information content (AvgIpc) is 1.94. The van der Waals surface area contributed by atoms with E-state index in [0.29, 0.717) is 6.42 Å². The Bertz CT molecular complexity index is 153. The first kappa shape index (κ1) is 7.45. The zero-order chi connectivity index (χ0) is 7.56. The normalized spacial score (nSPS) is 39.6. The maximum atomic E-state index is 12.5. The summed E-state index contributed by atoms with van der Waals surface area (Å²) in [4.78, 5) is 10.3. The number of carbonyl (C=O) groups excluding carboxylic acids is 1. The highest BCUT2D eigenvalue weighted by Gasteiger charge is 2.22. The van der Waals surface area contributed by atoms with Crippen molar-refractivity contribution >= 4 is 6.29 Å². The molecule has 3 atom stereocenters. The molecule has 2 heteroatoms. The Morgan fingerprint density at radius 2 is 2.30 bits per heavy atom. The predicted octanol–water partition coefficient (Wildman–Crippen LogP) is 1.74. The molecule has 3 unspecified atom stereocenters. The van der Waals surface area contributed by atoms with Crippen LogP contribution >= 0.6 is 0 Å². The van der Waals surface area contributed by atoms with Gasteiger partial charge in [-0.05, 0) is 12.3 Å². The standard InChI is InChI=1S/C8H11FO/c1-6-2-3-8(9)4-7(6)5-10/h2-3,5-8H,4H2,1H3. The fourth-order valence-corrected chi connectivity index (χ4v) is 1.17. The third-order valence-electron chi connectivity index (χ3n) is 1.97. The van der Waals surface area contributed by atoms with Crippen LogP contribution < -0.4 is 0 Å². The quantitative estimate of drug-likeness (QED) is 0.402. The Balaban J connectivity index is 2.61. The van der Waals surface area contributed by atoms with Crippen LogP contribution in [0, 0.1) is 11.8 Å². The van der Waals surface area contributed by atoms with Crippen LogP contribution in [0.3, 0.4) is 0 Å². The highest BCUT2D eigenvalue weighted by atomic mass is 19.1. The number of hydrogen-bond acceptors (Lipinski definition) is 1. The van der Waals surface area contributed by atoms with E-state index in [1.807, 2.05) is 6.92 Å². The molecule has 0 aromatic carbocycles. The van der Waals surface area contributed by atoms with Crippen molar-refractivity contribution in [3.63, 3.8) is 0 Å². The van der Waals surface area contributed by atoms with Gasteiger partial charge in [0, 0.05) is 5.92 Å². The Morgan fingerprint density at radius 1 is 1.60 bits per heavy atom. The topological polar surface area (TPSA) is 17.1 Å². The van der Waals surface area contributed by atoms with Gasteiger partial charge in [-0.25, -0.2) is 4.39 Å². The van der Waals surface area contributed by atoms with E-state index in [1.54, 1.807) is 6.08 Å². The molecular weight excluding hydrogens is 131 g/mol. The first-order chi connectivity index (χ1) is 4.74. The van der Waals surface area contributed by atoms with E-state index in [0.717, 1.165) is 6.29 Å². The summed E-state index contributed by atoms with van der Waals surface area (Å²) in [5.74, 6) is 0.101. The third-order valence-corrected chi connectivity index (χ3v) is 1.97. The van der Waals surface area contributed by atoms with Gasteiger partial charge in [0.15, 0.2) is 0 Å². The fourth-order valence-electron chi connectivity index (χ4n) is 1.17. The minimum atomic E-state index is -0.911. The molecule has 0 heterocycles. The SMILES string of the molecule is CC1C=CC(F)CC1C=O. The molecule has 0 bridgehead atoms. The van der Waals surface area contributed by atoms with Gasteiger partial charge in [0.25, 0.3) is 0 Å². The highest BCUT2D eigenvalue weighted by molar-refractivity contribution is 5.55. The first-order valence-electron chi connectivity index (χ1n) is 3.51. The van der Waals surface area contributed by atoms with E-state index in [1.165, 1.54) is 6.08 Å². The molecule has 1 aliphatic carbocycles. The average molecular weight is 142 g/mol. The van der Waals surface area contributed by atoms with Crippen molar-refractivity contribution in [3.05, 3.63) is 12.2 Å². The van der Waals surface area contributed by atoms with Gasteiger partial charge in [0.05, 0.1) is 0 Å². The lowest BCUT2D eigenvalue weighted by Crippen LogP contribution is -2.20. The fraction of sp³-hybridized carbons (Fsp3) is 0.625. The maximum absolute atomic E-state index is 12.5. The number of aldehydes is 1. The second-order valence-electron chi connectivity index (χ2n) is 2.80. The number of carbonyl (C=O) groups is 1. The molecule has 1 nitrogen and oxygen atoms in total. The van der Waals surface area contributed by atoms with Gasteiger partial charge in [0.1, 0.15) is 12.5 Å². The molecule has 1 aliphatic rings. The Labute approximate surface area is 59.9 Å². The zero-order valence-electron chi connectivity index (χ0n) is 5.96. The highest BCUT2D eigenvalue weighted by Crippen LogP contribution is 2.23. The number of hydrogen-bond donors (Lipinski definition) is 0. The molecule has 0 amide bonds. The lowest BCUT2D eigenvalue weighted by molar-refractivity contribution is -0.112. The summed E-state index contributed by atoms with van der Waals surface area (Å²) in [5.41, 5.74) is 0. The van der Waals surface area contributed by atoms with Crippen LogP contribution in [0.25, 0.3) is 0 Å². The molecule has 0 fully saturated rings. The minimum absolute atomic E-state index is 0.111. The smallest absolute Gasteiger partial charge is 0.123 e. The number of rotatable bonds is 1. The van der Waals surface area contributed by atoms with Crippen molar-refractivity contribution in [1.29, 1.82) is 0 Å². The largest absolute Gasteiger partial charge is 0.303 e. The van der Waals surface area contributed by atoms with Gasteiger partial charge in [-0.15, -0.1) is 0 Å². The summed E-state index contributed by atoms with van der Waals surface area (Å²) >= 11 is 0. The molecule has 0 aromatic heterocycles. The van der Waals surface area contributed by atoms with Gasteiger partial charge < -0.3 is 4.79 Å². The molecule has 1 rings (SSSR count). The predicted molar refractivity (Wildman–Crippen MR) is 37.4 cm³/mol. The number of allylic oxidation sites excluding steroid dienone is 2. The van der Waals surface area contributed by atoms with Crippen LogP contribution in [0.4, 0.5) is 4.39 Å². The summed E-state index contributed by atoms with van der Waals surface area (Å²) in [5, 5.41) is 0. The van der Waals surface area contributed by atoms with Gasteiger partial charge in [-0.2, -0.15) is 0 Å². The van der Waals surface area contributed by atoms with Crippen LogP contribution in [0.5, 0.6) is 0 Å². The minimum Gasteiger partial charge on any atom is -0.303 e. The maximum Gasteiger partial charge on any atom is 0.123 e. The van der Waals surface area contributed by atoms with Crippen molar-refractivity contribution in [2.75, 3.05) is 0 Å². The van der Waals surface area contributed by atoms with Crippen LogP contribution in [-0.2, 0) is 4.79 Å². The molecule has 0 spiro atoms. The summed E-state index contributed by atoms with van der Waals surface area (Å²) in [7, 11) is 0. The Hall–Kier alpha value is -0.660. The van der Waals surface area contributed by atoms with E-state index < -0.39 is 6.17 Å². The van der Waals surface area contributed by atoms with Gasteiger partial charge in [-0.1, -0.05) is 19.1 Å². The molecule has 56 valence electrons. The summed E-state index contributed by atoms with van der Waals surface area (Å²) < 4.78 is 12.5. The molecule has 10 heavy (non-hydrogen) atoms. The molecular formula is C8H11FO. The molecule has 0 N–H and O–H groups in total. The van der Waals surface area contributed by atoms with E-state index in [-0.39, 0.29) is 11.8 Å². The molecule has 0 aliphatic heterocycles. The van der Waals surface area contributed by atoms with E-state index >= 15 is 0 Å². The molecule has 0 aromatic rings. The Kier molecular flexibility index (Phi) is 2.20. The van der Waals surface area contributed by atoms with Crippen LogP contribution in [0.15, 0.2) is 12.2 Å². The van der Waals surface area contributed by atoms with Crippen LogP contribution in [-0.4, -0.2) is 12.5 Å². The Morgan fingerprint density at radius 3 is 2.80 bits per heavy atom. The zero-order valence-corrected chi connectivity index (χ0v) is 5.96. The first-order valence-corrected chi connectivity index (χ1v) is 3.51. The lowest BCUT2D eigenvalue weighted by Gasteiger charge is -2.20. The number of halogens is 1. The second kappa shape index (κ2) is 2.95. The summed E-state index contributed by atoms with van der Waals surface area (Å²) in [6.45, 7) is 1.93. The van der Waals surface area contributed by atoms with E-state index in [4.69, 9.17) is 0 Å². The summed E-state index contributed by atoms with van der Waals surface area (Å²) in [6.07, 6.45) is 3.60. The van der Waals surface area contributed by atoms with Crippen LogP contribution in [0.2, 0.25) is 0 Å². The molecule has 0 radical (unpaired) electrons. The van der Waals surface area contributed by atoms with Crippen molar-refractivity contribution < 1.29 is 9.18 Å². The van der Waals surface area contributed by atoms with Crippen LogP contribution in [0.1, 0.15) is 13.3 Å². The lowest BCUT2D eigenvalue weighted by atomic mass is 9.86. The third kappa shape index (κ3) is 1.43. The van der Waals surface area contributed by atoms with Gasteiger partial charge >= 0.3 is 0 Å². The molecule has 0 saturated heterocycles. The van der Waals surface area contributed by atoms with Crippen molar-refractivity contribution in [3.8, 4) is 0 Å². The van der Waals surface area contributed by atoms with Crippen molar-refractivity contribution in [2.45, 2.75) is 19.5 Å². The van der Waals surface area contributed by atoms with Gasteiger partial charge in [-0.3, -0.25) is 0 Å². The van der Waals surface area contributed by atoms with E-state index in [9.17, 15) is 9.18 Å². The summed E-state index contributed by atoms with van der Waals surface area (Å²) in [6, 6.07) is 0. The van der Waals surface area contributed by atoms with Gasteiger partial charge in [0.2, 0.25) is 0 Å². The number of alkyl halides is 1.